The molecule has 0 unspecified atom stereocenters. The van der Waals surface area contributed by atoms with Gasteiger partial charge in [0.1, 0.15) is 0 Å². The molecular weight excluding hydrogens is 166 g/mol. The number of rotatable bonds is 4. The molecule has 0 aliphatic carbocycles. The normalized spacial score (nSPS) is 10.8. The molecule has 5 nitrogen and oxygen atoms in total. The van der Waals surface area contributed by atoms with Gasteiger partial charge >= 0.3 is 0 Å². The van der Waals surface area contributed by atoms with E-state index in [0.29, 0.717) is 17.9 Å². The van der Waals surface area contributed by atoms with Crippen molar-refractivity contribution in [1.29, 1.82) is 0 Å². The van der Waals surface area contributed by atoms with Crippen LogP contribution in [0.5, 0.6) is 0 Å². The molecule has 0 amide bonds. The fourth-order valence-electron chi connectivity index (χ4n) is 1.05. The van der Waals surface area contributed by atoms with Crippen LogP contribution in [0, 0.1) is 0 Å². The second kappa shape index (κ2) is 4.11. The number of nitrogens with one attached hydrogen (secondary N) is 1. The summed E-state index contributed by atoms with van der Waals surface area (Å²) in [4.78, 5) is 4.09. The molecular formula is C8H17N5. The fourth-order valence-corrected chi connectivity index (χ4v) is 1.05. The van der Waals surface area contributed by atoms with Gasteiger partial charge in [-0.25, -0.2) is 4.68 Å². The Labute approximate surface area is 78.3 Å². The lowest BCUT2D eigenvalue weighted by atomic mass is 10.4. The van der Waals surface area contributed by atoms with Crippen LogP contribution < -0.4 is 11.1 Å². The lowest BCUT2D eigenvalue weighted by Gasteiger charge is -2.03. The van der Waals surface area contributed by atoms with E-state index in [1.807, 2.05) is 13.8 Å². The van der Waals surface area contributed by atoms with Crippen LogP contribution in [-0.2, 0) is 6.54 Å². The highest BCUT2D eigenvalue weighted by Crippen LogP contribution is 2.06. The lowest BCUT2D eigenvalue weighted by molar-refractivity contribution is 0.610. The third-order valence-electron chi connectivity index (χ3n) is 1.55. The smallest absolute Gasteiger partial charge is 0.244 e. The van der Waals surface area contributed by atoms with E-state index in [9.17, 15) is 0 Å². The van der Waals surface area contributed by atoms with Crippen LogP contribution >= 0.6 is 0 Å². The Balaban J connectivity index is 2.70. The number of hydrogen-bond acceptors (Lipinski definition) is 4. The summed E-state index contributed by atoms with van der Waals surface area (Å²) in [5.74, 6) is 1.09. The van der Waals surface area contributed by atoms with Crippen molar-refractivity contribution >= 4 is 11.9 Å². The SMILES string of the molecule is CCCn1nc(NC(C)C)nc1N. The molecule has 13 heavy (non-hydrogen) atoms. The number of aryl methyl sites for hydroxylation is 1. The molecule has 1 rings (SSSR count). The van der Waals surface area contributed by atoms with E-state index < -0.39 is 0 Å². The van der Waals surface area contributed by atoms with Crippen LogP contribution in [0.2, 0.25) is 0 Å². The summed E-state index contributed by atoms with van der Waals surface area (Å²) in [6.07, 6.45) is 1.01. The molecule has 0 fully saturated rings. The van der Waals surface area contributed by atoms with Crippen molar-refractivity contribution < 1.29 is 0 Å². The topological polar surface area (TPSA) is 68.8 Å². The van der Waals surface area contributed by atoms with E-state index in [2.05, 4.69) is 22.3 Å². The van der Waals surface area contributed by atoms with Gasteiger partial charge in [0, 0.05) is 12.6 Å². The first-order valence-corrected chi connectivity index (χ1v) is 4.60. The van der Waals surface area contributed by atoms with Gasteiger partial charge in [-0.15, -0.1) is 5.10 Å². The van der Waals surface area contributed by atoms with Gasteiger partial charge in [-0.2, -0.15) is 4.98 Å². The summed E-state index contributed by atoms with van der Waals surface area (Å²) in [5, 5.41) is 7.31. The number of aromatic nitrogens is 3. The van der Waals surface area contributed by atoms with Crippen LogP contribution in [0.4, 0.5) is 11.9 Å². The van der Waals surface area contributed by atoms with Crippen molar-refractivity contribution in [2.24, 2.45) is 0 Å². The third kappa shape index (κ3) is 2.61. The van der Waals surface area contributed by atoms with Crippen molar-refractivity contribution in [3.05, 3.63) is 0 Å². The third-order valence-corrected chi connectivity index (χ3v) is 1.55. The summed E-state index contributed by atoms with van der Waals surface area (Å²) in [7, 11) is 0. The quantitative estimate of drug-likeness (QED) is 0.733. The predicted octanol–water partition coefficient (Wildman–Crippen LogP) is 1.09. The standard InChI is InChI=1S/C8H17N5/c1-4-5-13-7(9)11-8(12-13)10-6(2)3/h6H,4-5H2,1-3H3,(H3,9,10,11,12). The van der Waals surface area contributed by atoms with Gasteiger partial charge in [0.25, 0.3) is 0 Å². The molecule has 1 aromatic heterocycles. The van der Waals surface area contributed by atoms with E-state index in [0.717, 1.165) is 13.0 Å². The minimum absolute atomic E-state index is 0.330. The zero-order valence-corrected chi connectivity index (χ0v) is 8.41. The molecule has 0 saturated carbocycles. The van der Waals surface area contributed by atoms with Crippen molar-refractivity contribution in [1.82, 2.24) is 14.8 Å². The Kier molecular flexibility index (Phi) is 3.11. The van der Waals surface area contributed by atoms with Gasteiger partial charge < -0.3 is 11.1 Å². The highest BCUT2D eigenvalue weighted by molar-refractivity contribution is 5.31. The minimum Gasteiger partial charge on any atom is -0.368 e. The first-order chi connectivity index (χ1) is 6.13. The Morgan fingerprint density at radius 2 is 2.23 bits per heavy atom. The monoisotopic (exact) mass is 183 g/mol. The highest BCUT2D eigenvalue weighted by Gasteiger charge is 2.05. The zero-order chi connectivity index (χ0) is 9.84. The van der Waals surface area contributed by atoms with Crippen molar-refractivity contribution in [3.63, 3.8) is 0 Å². The van der Waals surface area contributed by atoms with Crippen LogP contribution in [-0.4, -0.2) is 20.8 Å². The van der Waals surface area contributed by atoms with Gasteiger partial charge in [0.15, 0.2) is 0 Å². The number of hydrogen-bond donors (Lipinski definition) is 2. The summed E-state index contributed by atoms with van der Waals surface area (Å²) in [6, 6.07) is 0.330. The van der Waals surface area contributed by atoms with Crippen molar-refractivity contribution in [3.8, 4) is 0 Å². The molecule has 1 heterocycles. The Morgan fingerprint density at radius 3 is 2.77 bits per heavy atom. The largest absolute Gasteiger partial charge is 0.368 e. The molecule has 0 bridgehead atoms. The van der Waals surface area contributed by atoms with Crippen molar-refractivity contribution in [2.75, 3.05) is 11.1 Å². The molecule has 5 heteroatoms. The van der Waals surface area contributed by atoms with E-state index in [1.165, 1.54) is 0 Å². The van der Waals surface area contributed by atoms with Gasteiger partial charge in [0.2, 0.25) is 11.9 Å². The Bertz CT molecular complexity index is 265. The van der Waals surface area contributed by atoms with Crippen LogP contribution in [0.1, 0.15) is 27.2 Å². The second-order valence-electron chi connectivity index (χ2n) is 3.32. The van der Waals surface area contributed by atoms with Crippen molar-refractivity contribution in [2.45, 2.75) is 39.8 Å². The summed E-state index contributed by atoms with van der Waals surface area (Å²) < 4.78 is 1.71. The minimum atomic E-state index is 0.330. The second-order valence-corrected chi connectivity index (χ2v) is 3.32. The molecule has 0 atom stereocenters. The average Bonchev–Trinajstić information content (AvgIpc) is 2.31. The number of nitrogens with zero attached hydrogens (tertiary/aromatic N) is 3. The van der Waals surface area contributed by atoms with Crippen LogP contribution in [0.3, 0.4) is 0 Å². The highest BCUT2D eigenvalue weighted by atomic mass is 15.4. The maximum absolute atomic E-state index is 5.65. The Morgan fingerprint density at radius 1 is 1.54 bits per heavy atom. The number of nitrogens with two attached hydrogens (primary N) is 1. The summed E-state index contributed by atoms with van der Waals surface area (Å²) >= 11 is 0. The molecule has 0 aliphatic heterocycles. The van der Waals surface area contributed by atoms with Crippen LogP contribution in [0.25, 0.3) is 0 Å². The summed E-state index contributed by atoms with van der Waals surface area (Å²) in [5.41, 5.74) is 5.65. The molecule has 1 aromatic rings. The molecule has 0 aliphatic rings. The van der Waals surface area contributed by atoms with Gasteiger partial charge in [-0.3, -0.25) is 0 Å². The van der Waals surface area contributed by atoms with E-state index in [1.54, 1.807) is 4.68 Å². The maximum Gasteiger partial charge on any atom is 0.244 e. The molecule has 0 radical (unpaired) electrons. The number of anilines is 2. The lowest BCUT2D eigenvalue weighted by Crippen LogP contribution is -2.11. The average molecular weight is 183 g/mol. The maximum atomic E-state index is 5.65. The van der Waals surface area contributed by atoms with E-state index in [4.69, 9.17) is 5.73 Å². The molecule has 0 saturated heterocycles. The molecule has 0 aromatic carbocycles. The molecule has 3 N–H and O–H groups in total. The zero-order valence-electron chi connectivity index (χ0n) is 8.41. The van der Waals surface area contributed by atoms with E-state index in [-0.39, 0.29) is 0 Å². The molecule has 74 valence electrons. The first kappa shape index (κ1) is 9.83. The van der Waals surface area contributed by atoms with E-state index >= 15 is 0 Å². The fraction of sp³-hybridized carbons (Fsp3) is 0.750. The predicted molar refractivity (Wildman–Crippen MR) is 53.5 cm³/mol. The molecule has 0 spiro atoms. The van der Waals surface area contributed by atoms with Gasteiger partial charge in [-0.1, -0.05) is 6.92 Å². The Hall–Kier alpha value is -1.26. The number of nitrogen functional groups attached to an aromatic ring is 1. The van der Waals surface area contributed by atoms with Gasteiger partial charge in [0.05, 0.1) is 0 Å². The van der Waals surface area contributed by atoms with Crippen LogP contribution in [0.15, 0.2) is 0 Å². The summed E-state index contributed by atoms with van der Waals surface area (Å²) in [6.45, 7) is 6.97. The van der Waals surface area contributed by atoms with Gasteiger partial charge in [-0.05, 0) is 20.3 Å². The first-order valence-electron chi connectivity index (χ1n) is 4.60.